The molecule has 174 valence electrons. The average Bonchev–Trinajstić information content (AvgIpc) is 3.44. The molecule has 2 heterocycles. The van der Waals surface area contributed by atoms with E-state index in [0.717, 1.165) is 10.5 Å². The number of amides is 2. The van der Waals surface area contributed by atoms with Gasteiger partial charge in [0.1, 0.15) is 5.82 Å². The molecule has 3 unspecified atom stereocenters. The second kappa shape index (κ2) is 7.52. The molecule has 0 bridgehead atoms. The van der Waals surface area contributed by atoms with Crippen LogP contribution in [0.15, 0.2) is 72.8 Å². The van der Waals surface area contributed by atoms with E-state index in [-0.39, 0.29) is 11.1 Å². The quantitative estimate of drug-likeness (QED) is 0.427. The lowest BCUT2D eigenvalue weighted by molar-refractivity contribution is -0.127. The molecular weight excluding hydrogens is 449 g/mol. The number of imide groups is 1. The van der Waals surface area contributed by atoms with Gasteiger partial charge in [-0.3, -0.25) is 19.2 Å². The van der Waals surface area contributed by atoms with Crippen LogP contribution >= 0.6 is 0 Å². The number of ether oxygens (including phenoxy) is 1. The third kappa shape index (κ3) is 2.73. The van der Waals surface area contributed by atoms with Gasteiger partial charge in [0.25, 0.3) is 0 Å². The lowest BCUT2D eigenvalue weighted by Gasteiger charge is -2.28. The molecule has 2 amide bonds. The van der Waals surface area contributed by atoms with Gasteiger partial charge in [-0.05, 0) is 35.7 Å². The van der Waals surface area contributed by atoms with E-state index in [1.807, 2.05) is 19.1 Å². The summed E-state index contributed by atoms with van der Waals surface area (Å²) in [5, 5.41) is 0. The Labute approximate surface area is 200 Å². The Kier molecular flexibility index (Phi) is 4.63. The van der Waals surface area contributed by atoms with Crippen LogP contribution < -0.4 is 4.90 Å². The number of rotatable bonds is 3. The van der Waals surface area contributed by atoms with Crippen LogP contribution in [0, 0.1) is 17.7 Å². The van der Waals surface area contributed by atoms with Gasteiger partial charge in [0, 0.05) is 11.1 Å². The van der Waals surface area contributed by atoms with Crippen LogP contribution in [0.2, 0.25) is 0 Å². The molecule has 6 nitrogen and oxygen atoms in total. The van der Waals surface area contributed by atoms with Crippen molar-refractivity contribution in [1.29, 1.82) is 0 Å². The molecule has 3 atom stereocenters. The van der Waals surface area contributed by atoms with Crippen molar-refractivity contribution in [2.75, 3.05) is 4.90 Å². The van der Waals surface area contributed by atoms with Crippen LogP contribution in [0.4, 0.5) is 10.1 Å². The Balaban J connectivity index is 1.55. The summed E-state index contributed by atoms with van der Waals surface area (Å²) in [5.74, 6) is -5.34. The highest BCUT2D eigenvalue weighted by atomic mass is 19.1. The van der Waals surface area contributed by atoms with Gasteiger partial charge in [-0.2, -0.15) is 0 Å². The van der Waals surface area contributed by atoms with Gasteiger partial charge in [0.15, 0.2) is 0 Å². The lowest BCUT2D eigenvalue weighted by Crippen LogP contribution is -2.51. The maximum absolute atomic E-state index is 14.0. The molecular formula is C28H20FNO5. The molecule has 3 aromatic carbocycles. The molecule has 2 fully saturated rings. The summed E-state index contributed by atoms with van der Waals surface area (Å²) in [7, 11) is 0. The summed E-state index contributed by atoms with van der Waals surface area (Å²) in [6.07, 6.45) is -0.493. The third-order valence-electron chi connectivity index (χ3n) is 7.33. The minimum absolute atomic E-state index is 0.170. The van der Waals surface area contributed by atoms with Gasteiger partial charge < -0.3 is 4.74 Å². The normalized spacial score (nSPS) is 24.4. The molecule has 3 aliphatic rings. The van der Waals surface area contributed by atoms with Crippen LogP contribution in [-0.4, -0.2) is 29.0 Å². The zero-order valence-electron chi connectivity index (χ0n) is 18.7. The number of ketones is 2. The van der Waals surface area contributed by atoms with Gasteiger partial charge >= 0.3 is 0 Å². The number of carbonyl (C=O) groups excluding carboxylic acids is 4. The van der Waals surface area contributed by atoms with Crippen LogP contribution in [0.3, 0.4) is 0 Å². The smallest absolute Gasteiger partial charge is 0.241 e. The maximum atomic E-state index is 14.0. The number of carbonyl (C=O) groups is 4. The molecule has 6 rings (SSSR count). The predicted molar refractivity (Wildman–Crippen MR) is 123 cm³/mol. The molecule has 0 aromatic heterocycles. The van der Waals surface area contributed by atoms with E-state index in [2.05, 4.69) is 0 Å². The highest BCUT2D eigenvalue weighted by Crippen LogP contribution is 2.57. The Morgan fingerprint density at radius 2 is 1.43 bits per heavy atom. The van der Waals surface area contributed by atoms with Gasteiger partial charge in [-0.15, -0.1) is 0 Å². The van der Waals surface area contributed by atoms with Gasteiger partial charge in [0.2, 0.25) is 29.0 Å². The van der Waals surface area contributed by atoms with E-state index >= 15 is 0 Å². The van der Waals surface area contributed by atoms with Crippen LogP contribution in [-0.2, 0) is 20.7 Å². The molecule has 2 saturated heterocycles. The number of hydrogen-bond donors (Lipinski definition) is 0. The van der Waals surface area contributed by atoms with Crippen molar-refractivity contribution in [3.8, 4) is 0 Å². The van der Waals surface area contributed by atoms with E-state index in [9.17, 15) is 23.6 Å². The van der Waals surface area contributed by atoms with Crippen molar-refractivity contribution in [3.63, 3.8) is 0 Å². The van der Waals surface area contributed by atoms with Gasteiger partial charge in [0.05, 0.1) is 23.6 Å². The average molecular weight is 469 g/mol. The van der Waals surface area contributed by atoms with Gasteiger partial charge in [-0.25, -0.2) is 9.29 Å². The van der Waals surface area contributed by atoms with Crippen LogP contribution in [0.1, 0.15) is 44.9 Å². The van der Waals surface area contributed by atoms with Crippen molar-refractivity contribution >= 4 is 29.1 Å². The minimum Gasteiger partial charge on any atom is -0.349 e. The number of anilines is 1. The Morgan fingerprint density at radius 3 is 2.06 bits per heavy atom. The lowest BCUT2D eigenvalue weighted by atomic mass is 9.77. The molecule has 2 aliphatic heterocycles. The standard InChI is InChI=1S/C28H20FNO5/c1-2-15-7-3-6-10-20(15)30-26(33)21-22(27(30)34)28(35-23(21)16-11-13-17(29)14-12-16)24(31)18-8-4-5-9-19(18)25(28)32/h3-14,21-23H,2H2,1H3. The summed E-state index contributed by atoms with van der Waals surface area (Å²) in [4.78, 5) is 56.4. The zero-order valence-corrected chi connectivity index (χ0v) is 18.7. The van der Waals surface area contributed by atoms with E-state index in [0.29, 0.717) is 17.7 Å². The van der Waals surface area contributed by atoms with Gasteiger partial charge in [-0.1, -0.05) is 61.5 Å². The van der Waals surface area contributed by atoms with E-state index in [1.165, 1.54) is 36.4 Å². The second-order valence-corrected chi connectivity index (χ2v) is 9.03. The summed E-state index contributed by atoms with van der Waals surface area (Å²) in [6.45, 7) is 1.91. The maximum Gasteiger partial charge on any atom is 0.241 e. The second-order valence-electron chi connectivity index (χ2n) is 9.03. The van der Waals surface area contributed by atoms with Crippen LogP contribution in [0.25, 0.3) is 0 Å². The number of benzene rings is 3. The number of hydrogen-bond acceptors (Lipinski definition) is 5. The van der Waals surface area contributed by atoms with E-state index in [1.54, 1.807) is 24.3 Å². The Morgan fingerprint density at radius 1 is 0.829 bits per heavy atom. The van der Waals surface area contributed by atoms with Crippen molar-refractivity contribution in [2.45, 2.75) is 25.0 Å². The first-order valence-corrected chi connectivity index (χ1v) is 11.5. The van der Waals surface area contributed by atoms with Crippen molar-refractivity contribution < 1.29 is 28.3 Å². The fraction of sp³-hybridized carbons (Fsp3) is 0.214. The molecule has 1 aliphatic carbocycles. The number of halogens is 1. The molecule has 7 heteroatoms. The summed E-state index contributed by atoms with van der Waals surface area (Å²) < 4.78 is 19.9. The van der Waals surface area contributed by atoms with E-state index in [4.69, 9.17) is 4.74 Å². The first kappa shape index (κ1) is 21.6. The Hall–Kier alpha value is -3.97. The van der Waals surface area contributed by atoms with Crippen molar-refractivity contribution in [2.24, 2.45) is 11.8 Å². The zero-order chi connectivity index (χ0) is 24.5. The number of nitrogens with zero attached hydrogens (tertiary/aromatic N) is 1. The first-order valence-electron chi connectivity index (χ1n) is 11.5. The minimum atomic E-state index is -2.14. The molecule has 35 heavy (non-hydrogen) atoms. The number of para-hydroxylation sites is 1. The topological polar surface area (TPSA) is 80.8 Å². The molecule has 0 saturated carbocycles. The Bertz CT molecular complexity index is 1390. The van der Waals surface area contributed by atoms with Crippen molar-refractivity contribution in [1.82, 2.24) is 0 Å². The number of aryl methyl sites for hydroxylation is 1. The first-order chi connectivity index (χ1) is 16.9. The molecule has 3 aromatic rings. The molecule has 1 spiro atoms. The predicted octanol–water partition coefficient (Wildman–Crippen LogP) is 4.08. The number of fused-ring (bicyclic) bond motifs is 3. The molecule has 0 N–H and O–H groups in total. The van der Waals surface area contributed by atoms with Crippen molar-refractivity contribution in [3.05, 3.63) is 101 Å². The van der Waals surface area contributed by atoms with Crippen LogP contribution in [0.5, 0.6) is 0 Å². The van der Waals surface area contributed by atoms with E-state index < -0.39 is 52.7 Å². The highest BCUT2D eigenvalue weighted by Gasteiger charge is 2.74. The fourth-order valence-corrected chi connectivity index (χ4v) is 5.74. The summed E-state index contributed by atoms with van der Waals surface area (Å²) in [5.41, 5.74) is -0.164. The monoisotopic (exact) mass is 469 g/mol. The molecule has 0 radical (unpaired) electrons. The summed E-state index contributed by atoms with van der Waals surface area (Å²) in [6, 6.07) is 18.7. The largest absolute Gasteiger partial charge is 0.349 e. The summed E-state index contributed by atoms with van der Waals surface area (Å²) >= 11 is 0. The number of Topliss-reactive ketones (excluding diaryl/α,β-unsaturated/α-hetero) is 2. The third-order valence-corrected chi connectivity index (χ3v) is 7.33. The SMILES string of the molecule is CCc1ccccc1N1C(=O)C2C(c3ccc(F)cc3)OC3(C(=O)c4ccccc4C3=O)C2C1=O. The fourth-order valence-electron chi connectivity index (χ4n) is 5.74. The highest BCUT2D eigenvalue weighted by molar-refractivity contribution is 6.37.